The van der Waals surface area contributed by atoms with Crippen LogP contribution in [-0.2, 0) is 13.0 Å². The van der Waals surface area contributed by atoms with Crippen molar-refractivity contribution in [2.24, 2.45) is 0 Å². The number of hydrogen-bond donors (Lipinski definition) is 0. The number of ether oxygens (including phenoxy) is 2. The molecule has 0 spiro atoms. The molecule has 1 aliphatic rings. The summed E-state index contributed by atoms with van der Waals surface area (Å²) in [5, 5.41) is 2.13. The first-order valence-electron chi connectivity index (χ1n) is 7.72. The molecule has 0 aliphatic carbocycles. The van der Waals surface area contributed by atoms with Gasteiger partial charge in [0, 0.05) is 28.7 Å². The molecule has 2 aromatic heterocycles. The highest BCUT2D eigenvalue weighted by molar-refractivity contribution is 7.13. The molecule has 118 valence electrons. The number of rotatable bonds is 3. The van der Waals surface area contributed by atoms with Crippen molar-refractivity contribution in [3.63, 3.8) is 0 Å². The lowest BCUT2D eigenvalue weighted by Crippen LogP contribution is -2.12. The van der Waals surface area contributed by atoms with E-state index in [2.05, 4.69) is 47.3 Å². The van der Waals surface area contributed by atoms with Gasteiger partial charge in [-0.15, -0.1) is 11.3 Å². The maximum atomic E-state index is 5.58. The second-order valence-corrected chi connectivity index (χ2v) is 6.71. The van der Waals surface area contributed by atoms with Gasteiger partial charge in [0.15, 0.2) is 11.5 Å². The van der Waals surface area contributed by atoms with Crippen molar-refractivity contribution >= 4 is 11.3 Å². The molecule has 23 heavy (non-hydrogen) atoms. The van der Waals surface area contributed by atoms with E-state index in [1.54, 1.807) is 25.6 Å². The Kier molecular flexibility index (Phi) is 3.42. The minimum absolute atomic E-state index is 0.801. The monoisotopic (exact) mass is 325 g/mol. The Bertz CT molecular complexity index is 862. The molecule has 0 N–H and O–H groups in total. The largest absolute Gasteiger partial charge is 0.493 e. The molecule has 0 unspecified atom stereocenters. The molecule has 3 aromatic rings. The van der Waals surface area contributed by atoms with Gasteiger partial charge in [-0.3, -0.25) is 0 Å². The van der Waals surface area contributed by atoms with Gasteiger partial charge in [-0.1, -0.05) is 6.07 Å². The molecule has 4 rings (SSSR count). The van der Waals surface area contributed by atoms with Crippen LogP contribution in [0.25, 0.3) is 21.7 Å². The van der Waals surface area contributed by atoms with E-state index in [1.165, 1.54) is 32.8 Å². The molecular formula is C19H19NO2S. The first-order chi connectivity index (χ1) is 11.2. The molecule has 0 radical (unpaired) electrons. The predicted octanol–water partition coefficient (Wildman–Crippen LogP) is 4.77. The normalized spacial score (nSPS) is 12.7. The molecule has 1 aliphatic heterocycles. The summed E-state index contributed by atoms with van der Waals surface area (Å²) in [4.78, 5) is 1.30. The third-order valence-corrected chi connectivity index (χ3v) is 5.55. The summed E-state index contributed by atoms with van der Waals surface area (Å²) in [5.74, 6) is 1.65. The number of aryl methyl sites for hydroxylation is 1. The van der Waals surface area contributed by atoms with Crippen LogP contribution in [0.15, 0.2) is 35.8 Å². The molecule has 0 fully saturated rings. The number of fused-ring (bicyclic) bond motifs is 3. The second-order valence-electron chi connectivity index (χ2n) is 5.76. The van der Waals surface area contributed by atoms with E-state index in [4.69, 9.17) is 9.47 Å². The molecular weight excluding hydrogens is 306 g/mol. The van der Waals surface area contributed by atoms with Crippen molar-refractivity contribution in [2.45, 2.75) is 19.9 Å². The van der Waals surface area contributed by atoms with Crippen molar-refractivity contribution in [3.8, 4) is 33.2 Å². The first kappa shape index (κ1) is 14.4. The van der Waals surface area contributed by atoms with E-state index >= 15 is 0 Å². The zero-order valence-electron chi connectivity index (χ0n) is 13.6. The van der Waals surface area contributed by atoms with E-state index in [9.17, 15) is 0 Å². The van der Waals surface area contributed by atoms with Crippen LogP contribution >= 0.6 is 11.3 Å². The van der Waals surface area contributed by atoms with Gasteiger partial charge in [-0.25, -0.2) is 0 Å². The van der Waals surface area contributed by atoms with Gasteiger partial charge in [0.2, 0.25) is 0 Å². The summed E-state index contributed by atoms with van der Waals surface area (Å²) in [6.07, 6.45) is 3.21. The molecule has 0 amide bonds. The number of methoxy groups -OCH3 is 2. The van der Waals surface area contributed by atoms with Crippen LogP contribution in [0.2, 0.25) is 0 Å². The van der Waals surface area contributed by atoms with Gasteiger partial charge in [0.25, 0.3) is 0 Å². The highest BCUT2D eigenvalue weighted by Crippen LogP contribution is 2.45. The molecule has 0 saturated heterocycles. The fraction of sp³-hybridized carbons (Fsp3) is 0.263. The van der Waals surface area contributed by atoms with Crippen molar-refractivity contribution in [1.82, 2.24) is 4.57 Å². The van der Waals surface area contributed by atoms with Crippen molar-refractivity contribution in [2.75, 3.05) is 14.2 Å². The van der Waals surface area contributed by atoms with Crippen LogP contribution in [0.5, 0.6) is 11.5 Å². The van der Waals surface area contributed by atoms with Crippen molar-refractivity contribution < 1.29 is 9.47 Å². The van der Waals surface area contributed by atoms with Gasteiger partial charge >= 0.3 is 0 Å². The summed E-state index contributed by atoms with van der Waals surface area (Å²) in [6.45, 7) is 3.13. The summed E-state index contributed by atoms with van der Waals surface area (Å²) in [6, 6.07) is 8.64. The van der Waals surface area contributed by atoms with Crippen LogP contribution in [0, 0.1) is 6.92 Å². The third kappa shape index (κ3) is 2.09. The lowest BCUT2D eigenvalue weighted by Gasteiger charge is -2.25. The van der Waals surface area contributed by atoms with Crippen LogP contribution in [0.4, 0.5) is 0 Å². The van der Waals surface area contributed by atoms with Crippen LogP contribution in [0.3, 0.4) is 0 Å². The smallest absolute Gasteiger partial charge is 0.163 e. The van der Waals surface area contributed by atoms with Crippen LogP contribution in [0.1, 0.15) is 11.1 Å². The standard InChI is InChI=1S/C19H19NO2S/c1-12-13-6-8-20-9-7-14(17-5-4-10-23-17)18(20)15(13)11-16(21-2)19(12)22-3/h4-5,7,9-11H,6,8H2,1-3H3. The molecule has 0 bridgehead atoms. The lowest BCUT2D eigenvalue weighted by molar-refractivity contribution is 0.352. The number of hydrogen-bond acceptors (Lipinski definition) is 3. The van der Waals surface area contributed by atoms with Gasteiger partial charge < -0.3 is 14.0 Å². The summed E-state index contributed by atoms with van der Waals surface area (Å²) in [5.41, 5.74) is 6.41. The van der Waals surface area contributed by atoms with Gasteiger partial charge in [-0.2, -0.15) is 0 Å². The fourth-order valence-corrected chi connectivity index (χ4v) is 4.32. The zero-order valence-corrected chi connectivity index (χ0v) is 14.4. The van der Waals surface area contributed by atoms with E-state index in [0.717, 1.165) is 24.5 Å². The summed E-state index contributed by atoms with van der Waals surface area (Å²) >= 11 is 1.78. The predicted molar refractivity (Wildman–Crippen MR) is 94.7 cm³/mol. The number of thiophene rings is 1. The minimum Gasteiger partial charge on any atom is -0.493 e. The number of benzene rings is 1. The second kappa shape index (κ2) is 5.46. The SMILES string of the molecule is COc1cc2c(c(C)c1OC)CCn1ccc(-c3cccs3)c1-2. The molecule has 3 nitrogen and oxygen atoms in total. The van der Waals surface area contributed by atoms with E-state index in [-0.39, 0.29) is 0 Å². The molecule has 0 atom stereocenters. The molecule has 4 heteroatoms. The Morgan fingerprint density at radius 2 is 2.00 bits per heavy atom. The Hall–Kier alpha value is -2.20. The average molecular weight is 325 g/mol. The molecule has 1 aromatic carbocycles. The number of nitrogens with zero attached hydrogens (tertiary/aromatic N) is 1. The van der Waals surface area contributed by atoms with Crippen molar-refractivity contribution in [3.05, 3.63) is 47.0 Å². The van der Waals surface area contributed by atoms with Gasteiger partial charge in [0.1, 0.15) is 0 Å². The third-order valence-electron chi connectivity index (χ3n) is 4.65. The van der Waals surface area contributed by atoms with Crippen LogP contribution in [-0.4, -0.2) is 18.8 Å². The van der Waals surface area contributed by atoms with Crippen LogP contribution < -0.4 is 9.47 Å². The quantitative estimate of drug-likeness (QED) is 0.693. The maximum absolute atomic E-state index is 5.58. The topological polar surface area (TPSA) is 23.4 Å². The van der Waals surface area contributed by atoms with E-state index < -0.39 is 0 Å². The van der Waals surface area contributed by atoms with E-state index in [0.29, 0.717) is 0 Å². The van der Waals surface area contributed by atoms with E-state index in [1.807, 2.05) is 0 Å². The highest BCUT2D eigenvalue weighted by Gasteiger charge is 2.25. The Balaban J connectivity index is 1.99. The molecule has 3 heterocycles. The number of aromatic nitrogens is 1. The average Bonchev–Trinajstić information content (AvgIpc) is 3.23. The molecule has 0 saturated carbocycles. The Labute approximate surface area is 140 Å². The highest BCUT2D eigenvalue weighted by atomic mass is 32.1. The van der Waals surface area contributed by atoms with Gasteiger partial charge in [-0.05, 0) is 48.1 Å². The maximum Gasteiger partial charge on any atom is 0.163 e. The Morgan fingerprint density at radius 3 is 2.70 bits per heavy atom. The Morgan fingerprint density at radius 1 is 1.13 bits per heavy atom. The van der Waals surface area contributed by atoms with Crippen molar-refractivity contribution in [1.29, 1.82) is 0 Å². The zero-order chi connectivity index (χ0) is 16.0. The minimum atomic E-state index is 0.801. The first-order valence-corrected chi connectivity index (χ1v) is 8.60. The summed E-state index contributed by atoms with van der Waals surface area (Å²) in [7, 11) is 3.41. The lowest BCUT2D eigenvalue weighted by atomic mass is 9.91. The fourth-order valence-electron chi connectivity index (χ4n) is 3.57. The van der Waals surface area contributed by atoms with Gasteiger partial charge in [0.05, 0.1) is 19.9 Å². The summed E-state index contributed by atoms with van der Waals surface area (Å²) < 4.78 is 13.5.